The summed E-state index contributed by atoms with van der Waals surface area (Å²) in [5.74, 6) is -0.813. The van der Waals surface area contributed by atoms with Gasteiger partial charge in [-0.25, -0.2) is 0 Å². The van der Waals surface area contributed by atoms with Gasteiger partial charge in [0.15, 0.2) is 0 Å². The highest BCUT2D eigenvalue weighted by molar-refractivity contribution is 7.17. The Bertz CT molecular complexity index is 570. The van der Waals surface area contributed by atoms with Crippen LogP contribution in [0.3, 0.4) is 0 Å². The van der Waals surface area contributed by atoms with E-state index < -0.39 is 5.97 Å². The zero-order chi connectivity index (χ0) is 13.0. The van der Waals surface area contributed by atoms with E-state index in [9.17, 15) is 4.79 Å². The fourth-order valence-corrected chi connectivity index (χ4v) is 2.48. The van der Waals surface area contributed by atoms with Gasteiger partial charge in [-0.3, -0.25) is 4.79 Å². The van der Waals surface area contributed by atoms with E-state index in [1.165, 1.54) is 11.3 Å². The molecule has 92 valence electrons. The van der Waals surface area contributed by atoms with Gasteiger partial charge < -0.3 is 5.11 Å². The normalized spacial score (nSPS) is 10.9. The van der Waals surface area contributed by atoms with Crippen molar-refractivity contribution in [2.45, 2.75) is 6.42 Å². The summed E-state index contributed by atoms with van der Waals surface area (Å²) in [7, 11) is 0. The van der Waals surface area contributed by atoms with Gasteiger partial charge in [-0.2, -0.15) is 0 Å². The summed E-state index contributed by atoms with van der Waals surface area (Å²) in [5.41, 5.74) is 1.84. The summed E-state index contributed by atoms with van der Waals surface area (Å²) in [4.78, 5) is 11.6. The highest BCUT2D eigenvalue weighted by Crippen LogP contribution is 2.23. The van der Waals surface area contributed by atoms with Gasteiger partial charge in [-0.1, -0.05) is 41.9 Å². The van der Waals surface area contributed by atoms with Crippen LogP contribution >= 0.6 is 22.9 Å². The number of rotatable bonds is 4. The van der Waals surface area contributed by atoms with Gasteiger partial charge in [0.1, 0.15) is 0 Å². The van der Waals surface area contributed by atoms with Crippen LogP contribution in [0.25, 0.3) is 12.2 Å². The lowest BCUT2D eigenvalue weighted by molar-refractivity contribution is -0.136. The number of hydrogen-bond donors (Lipinski definition) is 1. The Morgan fingerprint density at radius 2 is 1.89 bits per heavy atom. The second-order valence-electron chi connectivity index (χ2n) is 3.79. The number of thiophene rings is 1. The van der Waals surface area contributed by atoms with Crippen LogP contribution in [0.5, 0.6) is 0 Å². The van der Waals surface area contributed by atoms with Gasteiger partial charge in [0.2, 0.25) is 0 Å². The summed E-state index contributed by atoms with van der Waals surface area (Å²) in [5, 5.41) is 8.67. The molecule has 2 aromatic rings. The van der Waals surface area contributed by atoms with E-state index in [0.29, 0.717) is 0 Å². The first-order valence-corrected chi connectivity index (χ1v) is 6.57. The van der Waals surface area contributed by atoms with Crippen LogP contribution in [0.15, 0.2) is 36.4 Å². The molecule has 1 aromatic heterocycles. The minimum Gasteiger partial charge on any atom is -0.481 e. The van der Waals surface area contributed by atoms with Crippen molar-refractivity contribution >= 4 is 41.1 Å². The molecule has 0 aliphatic rings. The lowest BCUT2D eigenvalue weighted by Gasteiger charge is -1.97. The standard InChI is InChI=1S/C14H11ClO2S/c15-13-8-7-12(18-13)6-5-10-1-3-11(4-2-10)9-14(16)17/h1-8H,9H2,(H,16,17). The maximum absolute atomic E-state index is 10.5. The van der Waals surface area contributed by atoms with Crippen LogP contribution in [0.2, 0.25) is 4.34 Å². The number of carbonyl (C=O) groups is 1. The Labute approximate surface area is 114 Å². The predicted octanol–water partition coefficient (Wildman–Crippen LogP) is 4.20. The first-order chi connectivity index (χ1) is 8.63. The summed E-state index contributed by atoms with van der Waals surface area (Å²) in [6.45, 7) is 0. The molecule has 0 fully saturated rings. The van der Waals surface area contributed by atoms with Gasteiger partial charge in [0.25, 0.3) is 0 Å². The molecule has 0 saturated heterocycles. The van der Waals surface area contributed by atoms with Gasteiger partial charge in [0.05, 0.1) is 10.8 Å². The summed E-state index contributed by atoms with van der Waals surface area (Å²) < 4.78 is 0.770. The van der Waals surface area contributed by atoms with Gasteiger partial charge in [-0.15, -0.1) is 11.3 Å². The minimum atomic E-state index is -0.813. The molecule has 0 atom stereocenters. The fourth-order valence-electron chi connectivity index (χ4n) is 1.52. The van der Waals surface area contributed by atoms with Crippen molar-refractivity contribution in [3.63, 3.8) is 0 Å². The molecule has 0 saturated carbocycles. The van der Waals surface area contributed by atoms with Crippen molar-refractivity contribution in [2.24, 2.45) is 0 Å². The maximum Gasteiger partial charge on any atom is 0.307 e. The van der Waals surface area contributed by atoms with Crippen LogP contribution in [0, 0.1) is 0 Å². The summed E-state index contributed by atoms with van der Waals surface area (Å²) >= 11 is 7.36. The molecule has 2 nitrogen and oxygen atoms in total. The number of hydrogen-bond acceptors (Lipinski definition) is 2. The van der Waals surface area contributed by atoms with E-state index in [2.05, 4.69) is 0 Å². The van der Waals surface area contributed by atoms with Crippen molar-refractivity contribution in [3.05, 3.63) is 56.7 Å². The van der Waals surface area contributed by atoms with Crippen molar-refractivity contribution in [1.29, 1.82) is 0 Å². The first kappa shape index (κ1) is 12.9. The lowest BCUT2D eigenvalue weighted by atomic mass is 10.1. The van der Waals surface area contributed by atoms with Gasteiger partial charge in [0, 0.05) is 4.88 Å². The molecular weight excluding hydrogens is 268 g/mol. The average molecular weight is 279 g/mol. The molecule has 1 N–H and O–H groups in total. The van der Waals surface area contributed by atoms with E-state index in [4.69, 9.17) is 16.7 Å². The third kappa shape index (κ3) is 3.72. The molecule has 0 amide bonds. The first-order valence-electron chi connectivity index (χ1n) is 5.37. The summed E-state index contributed by atoms with van der Waals surface area (Å²) in [6, 6.07) is 11.3. The topological polar surface area (TPSA) is 37.3 Å². The molecule has 0 aliphatic carbocycles. The molecule has 1 aromatic carbocycles. The predicted molar refractivity (Wildman–Crippen MR) is 76.0 cm³/mol. The highest BCUT2D eigenvalue weighted by atomic mass is 35.5. The monoisotopic (exact) mass is 278 g/mol. The Morgan fingerprint density at radius 3 is 2.44 bits per heavy atom. The zero-order valence-electron chi connectivity index (χ0n) is 9.47. The van der Waals surface area contributed by atoms with E-state index in [1.807, 2.05) is 48.6 Å². The Kier molecular flexibility index (Phi) is 4.18. The number of benzene rings is 1. The molecule has 0 spiro atoms. The third-order valence-electron chi connectivity index (χ3n) is 2.37. The second kappa shape index (κ2) is 5.85. The van der Waals surface area contributed by atoms with E-state index >= 15 is 0 Å². The molecule has 0 radical (unpaired) electrons. The molecular formula is C14H11ClO2S. The number of aliphatic carboxylic acids is 1. The fraction of sp³-hybridized carbons (Fsp3) is 0.0714. The average Bonchev–Trinajstić information content (AvgIpc) is 2.74. The van der Waals surface area contributed by atoms with Gasteiger partial charge in [-0.05, 0) is 29.3 Å². The Hall–Kier alpha value is -1.58. The van der Waals surface area contributed by atoms with Crippen LogP contribution in [0.4, 0.5) is 0 Å². The van der Waals surface area contributed by atoms with Crippen LogP contribution < -0.4 is 0 Å². The molecule has 0 bridgehead atoms. The van der Waals surface area contributed by atoms with Crippen molar-refractivity contribution in [2.75, 3.05) is 0 Å². The smallest absolute Gasteiger partial charge is 0.307 e. The van der Waals surface area contributed by atoms with E-state index in [-0.39, 0.29) is 6.42 Å². The molecule has 0 unspecified atom stereocenters. The largest absolute Gasteiger partial charge is 0.481 e. The molecule has 4 heteroatoms. The Morgan fingerprint density at radius 1 is 1.17 bits per heavy atom. The van der Waals surface area contributed by atoms with Gasteiger partial charge >= 0.3 is 5.97 Å². The van der Waals surface area contributed by atoms with Crippen LogP contribution in [-0.4, -0.2) is 11.1 Å². The zero-order valence-corrected chi connectivity index (χ0v) is 11.0. The van der Waals surface area contributed by atoms with Crippen molar-refractivity contribution in [3.8, 4) is 0 Å². The van der Waals surface area contributed by atoms with E-state index in [1.54, 1.807) is 0 Å². The van der Waals surface area contributed by atoms with Crippen molar-refractivity contribution in [1.82, 2.24) is 0 Å². The van der Waals surface area contributed by atoms with Crippen LogP contribution in [0.1, 0.15) is 16.0 Å². The third-order valence-corrected chi connectivity index (χ3v) is 3.57. The summed E-state index contributed by atoms with van der Waals surface area (Å²) in [6.07, 6.45) is 4.03. The SMILES string of the molecule is O=C(O)Cc1ccc(C=Cc2ccc(Cl)s2)cc1. The minimum absolute atomic E-state index is 0.0600. The second-order valence-corrected chi connectivity index (χ2v) is 5.53. The number of halogens is 1. The molecule has 0 aliphatic heterocycles. The lowest BCUT2D eigenvalue weighted by Crippen LogP contribution is -1.99. The maximum atomic E-state index is 10.5. The quantitative estimate of drug-likeness (QED) is 0.910. The number of carboxylic acid groups (broad SMARTS) is 1. The van der Waals surface area contributed by atoms with Crippen LogP contribution in [-0.2, 0) is 11.2 Å². The van der Waals surface area contributed by atoms with Crippen molar-refractivity contribution < 1.29 is 9.90 Å². The molecule has 2 rings (SSSR count). The molecule has 1 heterocycles. The Balaban J connectivity index is 2.06. The van der Waals surface area contributed by atoms with E-state index in [0.717, 1.165) is 20.3 Å². The molecule has 18 heavy (non-hydrogen) atoms. The number of carboxylic acids is 1. The highest BCUT2D eigenvalue weighted by Gasteiger charge is 1.99.